The number of hydrogen-bond acceptors (Lipinski definition) is 4. The van der Waals surface area contributed by atoms with Crippen molar-refractivity contribution in [3.8, 4) is 11.8 Å². The van der Waals surface area contributed by atoms with Crippen LogP contribution >= 0.6 is 0 Å². The topological polar surface area (TPSA) is 63.7 Å². The fourth-order valence-corrected chi connectivity index (χ4v) is 3.15. The van der Waals surface area contributed by atoms with Crippen molar-refractivity contribution in [2.75, 3.05) is 20.2 Å². The Labute approximate surface area is 137 Å². The lowest BCUT2D eigenvalue weighted by Crippen LogP contribution is -2.32. The van der Waals surface area contributed by atoms with Crippen molar-refractivity contribution in [2.24, 2.45) is 0 Å². The number of sulfonamides is 1. The zero-order valence-corrected chi connectivity index (χ0v) is 14.0. The van der Waals surface area contributed by atoms with Crippen LogP contribution in [-0.2, 0) is 19.6 Å². The van der Waals surface area contributed by atoms with Crippen LogP contribution in [0.2, 0.25) is 0 Å². The maximum absolute atomic E-state index is 12.7. The summed E-state index contributed by atoms with van der Waals surface area (Å²) < 4.78 is 31.2. The van der Waals surface area contributed by atoms with E-state index in [2.05, 4.69) is 16.6 Å². The molecule has 0 amide bonds. The molecule has 1 fully saturated rings. The number of nitrogens with zero attached hydrogens (tertiary/aromatic N) is 1. The van der Waals surface area contributed by atoms with E-state index in [1.165, 1.54) is 17.0 Å². The molecule has 0 saturated heterocycles. The number of benzene rings is 1. The number of carbonyl (C=O) groups is 1. The Hall–Kier alpha value is -2.10. The van der Waals surface area contributed by atoms with Crippen molar-refractivity contribution in [3.63, 3.8) is 0 Å². The lowest BCUT2D eigenvalue weighted by Gasteiger charge is -2.18. The SMILES string of the molecule is COC(=O)C#CCN(CC=C1CC1)S(=O)(=O)c1ccc(C)cc1. The lowest BCUT2D eigenvalue weighted by atomic mass is 10.2. The molecule has 0 aromatic heterocycles. The third-order valence-electron chi connectivity index (χ3n) is 3.41. The predicted octanol–water partition coefficient (Wildman–Crippen LogP) is 1.88. The molecule has 23 heavy (non-hydrogen) atoms. The van der Waals surface area contributed by atoms with Gasteiger partial charge in [0.1, 0.15) is 0 Å². The summed E-state index contributed by atoms with van der Waals surface area (Å²) in [5, 5.41) is 0. The van der Waals surface area contributed by atoms with E-state index < -0.39 is 16.0 Å². The second-order valence-corrected chi connectivity index (χ2v) is 7.20. The van der Waals surface area contributed by atoms with Crippen molar-refractivity contribution in [1.82, 2.24) is 4.31 Å². The zero-order valence-electron chi connectivity index (χ0n) is 13.2. The van der Waals surface area contributed by atoms with Crippen LogP contribution < -0.4 is 0 Å². The Kier molecular flexibility index (Phi) is 5.59. The van der Waals surface area contributed by atoms with Gasteiger partial charge in [-0.25, -0.2) is 13.2 Å². The smallest absolute Gasteiger partial charge is 0.384 e. The summed E-state index contributed by atoms with van der Waals surface area (Å²) in [5.74, 6) is 4.14. The van der Waals surface area contributed by atoms with Crippen molar-refractivity contribution >= 4 is 16.0 Å². The van der Waals surface area contributed by atoms with Gasteiger partial charge in [0.05, 0.1) is 18.6 Å². The van der Waals surface area contributed by atoms with E-state index in [0.29, 0.717) is 0 Å². The lowest BCUT2D eigenvalue weighted by molar-refractivity contribution is -0.133. The summed E-state index contributed by atoms with van der Waals surface area (Å²) in [7, 11) is -2.42. The molecule has 0 aliphatic heterocycles. The Bertz CT molecular complexity index is 761. The number of ether oxygens (including phenoxy) is 1. The van der Waals surface area contributed by atoms with Crippen molar-refractivity contribution in [2.45, 2.75) is 24.7 Å². The van der Waals surface area contributed by atoms with E-state index in [1.54, 1.807) is 24.3 Å². The largest absolute Gasteiger partial charge is 0.459 e. The first-order chi connectivity index (χ1) is 10.9. The Morgan fingerprint density at radius 1 is 1.30 bits per heavy atom. The van der Waals surface area contributed by atoms with Crippen molar-refractivity contribution in [1.29, 1.82) is 0 Å². The number of rotatable bonds is 5. The molecule has 1 saturated carbocycles. The Morgan fingerprint density at radius 2 is 1.96 bits per heavy atom. The van der Waals surface area contributed by atoms with Crippen LogP contribution in [0.25, 0.3) is 0 Å². The highest BCUT2D eigenvalue weighted by Crippen LogP contribution is 2.27. The molecule has 1 aromatic carbocycles. The highest BCUT2D eigenvalue weighted by Gasteiger charge is 2.23. The summed E-state index contributed by atoms with van der Waals surface area (Å²) in [5.41, 5.74) is 2.23. The molecule has 0 spiro atoms. The van der Waals surface area contributed by atoms with Gasteiger partial charge in [0.15, 0.2) is 0 Å². The molecule has 6 heteroatoms. The van der Waals surface area contributed by atoms with E-state index in [-0.39, 0.29) is 18.0 Å². The van der Waals surface area contributed by atoms with Crippen LogP contribution in [-0.4, -0.2) is 38.9 Å². The molecular weight excluding hydrogens is 314 g/mol. The zero-order chi connectivity index (χ0) is 16.9. The number of esters is 1. The molecule has 0 radical (unpaired) electrons. The molecule has 5 nitrogen and oxygen atoms in total. The molecular formula is C17H19NO4S. The average Bonchev–Trinajstić information content (AvgIpc) is 3.34. The van der Waals surface area contributed by atoms with E-state index in [0.717, 1.165) is 18.4 Å². The quantitative estimate of drug-likeness (QED) is 0.357. The van der Waals surface area contributed by atoms with Crippen LogP contribution in [0, 0.1) is 18.8 Å². The Balaban J connectivity index is 2.22. The monoisotopic (exact) mass is 333 g/mol. The fourth-order valence-electron chi connectivity index (χ4n) is 1.87. The number of methoxy groups -OCH3 is 1. The number of carbonyl (C=O) groups excluding carboxylic acids is 1. The van der Waals surface area contributed by atoms with E-state index >= 15 is 0 Å². The normalized spacial score (nSPS) is 13.3. The molecule has 2 rings (SSSR count). The molecule has 1 aliphatic carbocycles. The number of aryl methyl sites for hydroxylation is 1. The maximum atomic E-state index is 12.7. The van der Waals surface area contributed by atoms with Gasteiger partial charge in [-0.15, -0.1) is 0 Å². The standard InChI is InChI=1S/C17H19NO4S/c1-14-5-9-16(10-6-14)23(20,21)18(13-11-15-7-8-15)12-3-4-17(19)22-2/h5-6,9-11H,7-8,12-13H2,1-2H3. The first kappa shape index (κ1) is 17.3. The molecule has 0 N–H and O–H groups in total. The molecule has 1 aliphatic rings. The summed E-state index contributed by atoms with van der Waals surface area (Å²) in [6.45, 7) is 2.09. The van der Waals surface area contributed by atoms with Crippen LogP contribution in [0.3, 0.4) is 0 Å². The summed E-state index contributed by atoms with van der Waals surface area (Å²) in [6.07, 6.45) is 3.95. The highest BCUT2D eigenvalue weighted by atomic mass is 32.2. The van der Waals surface area contributed by atoms with Gasteiger partial charge in [0, 0.05) is 12.5 Å². The van der Waals surface area contributed by atoms with Crippen LogP contribution in [0.15, 0.2) is 40.8 Å². The van der Waals surface area contributed by atoms with Crippen LogP contribution in [0.4, 0.5) is 0 Å². The van der Waals surface area contributed by atoms with Gasteiger partial charge in [0.2, 0.25) is 10.0 Å². The molecule has 0 bridgehead atoms. The Morgan fingerprint density at radius 3 is 2.52 bits per heavy atom. The summed E-state index contributed by atoms with van der Waals surface area (Å²) in [4.78, 5) is 11.3. The first-order valence-electron chi connectivity index (χ1n) is 7.25. The van der Waals surface area contributed by atoms with Gasteiger partial charge in [-0.1, -0.05) is 35.3 Å². The summed E-state index contributed by atoms with van der Waals surface area (Å²) >= 11 is 0. The van der Waals surface area contributed by atoms with E-state index in [1.807, 2.05) is 13.0 Å². The molecule has 1 aromatic rings. The third kappa shape index (κ3) is 4.95. The second kappa shape index (κ2) is 7.44. The maximum Gasteiger partial charge on any atom is 0.384 e. The molecule has 0 unspecified atom stereocenters. The van der Waals surface area contributed by atoms with Crippen LogP contribution in [0.5, 0.6) is 0 Å². The van der Waals surface area contributed by atoms with Crippen molar-refractivity contribution in [3.05, 3.63) is 41.5 Å². The first-order valence-corrected chi connectivity index (χ1v) is 8.69. The van der Waals surface area contributed by atoms with Gasteiger partial charge in [0.25, 0.3) is 0 Å². The predicted molar refractivity (Wildman–Crippen MR) is 87.0 cm³/mol. The minimum absolute atomic E-state index is 0.0604. The minimum Gasteiger partial charge on any atom is -0.459 e. The van der Waals surface area contributed by atoms with Gasteiger partial charge >= 0.3 is 5.97 Å². The fraction of sp³-hybridized carbons (Fsp3) is 0.353. The molecule has 122 valence electrons. The van der Waals surface area contributed by atoms with Gasteiger partial charge < -0.3 is 4.74 Å². The van der Waals surface area contributed by atoms with E-state index in [9.17, 15) is 13.2 Å². The second-order valence-electron chi connectivity index (χ2n) is 5.27. The highest BCUT2D eigenvalue weighted by molar-refractivity contribution is 7.89. The average molecular weight is 333 g/mol. The number of allylic oxidation sites excluding steroid dienone is 1. The molecule has 0 atom stereocenters. The minimum atomic E-state index is -3.66. The molecule has 0 heterocycles. The summed E-state index contributed by atoms with van der Waals surface area (Å²) in [6, 6.07) is 6.67. The third-order valence-corrected chi connectivity index (χ3v) is 5.24. The van der Waals surface area contributed by atoms with Gasteiger partial charge in [-0.05, 0) is 31.9 Å². The van der Waals surface area contributed by atoms with Crippen LogP contribution in [0.1, 0.15) is 18.4 Å². The van der Waals surface area contributed by atoms with Gasteiger partial charge in [-0.3, -0.25) is 0 Å². The van der Waals surface area contributed by atoms with E-state index in [4.69, 9.17) is 0 Å². The van der Waals surface area contributed by atoms with Gasteiger partial charge in [-0.2, -0.15) is 4.31 Å². The van der Waals surface area contributed by atoms with Crippen molar-refractivity contribution < 1.29 is 17.9 Å². The number of hydrogen-bond donors (Lipinski definition) is 0.